The van der Waals surface area contributed by atoms with E-state index in [1.807, 2.05) is 6.08 Å². The number of nitrogens with one attached hydrogen (secondary N) is 1. The molecule has 2 bridgehead atoms. The maximum Gasteiger partial charge on any atom is 0.194 e. The van der Waals surface area contributed by atoms with Crippen LogP contribution in [0.4, 0.5) is 0 Å². The second kappa shape index (κ2) is 9.64. The highest BCUT2D eigenvalue weighted by Gasteiger charge is 2.42. The Hall–Kier alpha value is -0.350. The van der Waals surface area contributed by atoms with Gasteiger partial charge >= 0.3 is 0 Å². The van der Waals surface area contributed by atoms with Crippen LogP contribution in [-0.4, -0.2) is 81.0 Å². The van der Waals surface area contributed by atoms with Gasteiger partial charge < -0.3 is 10.2 Å². The molecule has 4 aliphatic rings. The van der Waals surface area contributed by atoms with E-state index in [1.165, 1.54) is 25.7 Å². The summed E-state index contributed by atoms with van der Waals surface area (Å²) in [6.45, 7) is 9.31. The molecule has 2 aliphatic carbocycles. The number of nitrogens with zero attached hydrogens (tertiary/aromatic N) is 3. The van der Waals surface area contributed by atoms with Gasteiger partial charge in [0.1, 0.15) is 0 Å². The van der Waals surface area contributed by atoms with E-state index in [9.17, 15) is 8.42 Å². The van der Waals surface area contributed by atoms with Crippen molar-refractivity contribution in [2.75, 3.05) is 50.8 Å². The van der Waals surface area contributed by atoms with Crippen molar-refractivity contribution in [2.45, 2.75) is 38.1 Å². The highest BCUT2D eigenvalue weighted by Crippen LogP contribution is 2.46. The molecule has 4 fully saturated rings. The number of fused-ring (bicyclic) bond motifs is 2. The Bertz CT molecular complexity index is 676. The van der Waals surface area contributed by atoms with Crippen LogP contribution in [0.3, 0.4) is 0 Å². The van der Waals surface area contributed by atoms with Crippen molar-refractivity contribution < 1.29 is 8.42 Å². The molecule has 2 heterocycles. The first kappa shape index (κ1) is 22.3. The van der Waals surface area contributed by atoms with E-state index in [0.717, 1.165) is 56.4 Å². The number of piperazine rings is 1. The molecule has 0 radical (unpaired) electrons. The van der Waals surface area contributed by atoms with E-state index in [-0.39, 0.29) is 29.9 Å². The molecule has 0 aromatic carbocycles. The Kier molecular flexibility index (Phi) is 7.69. The van der Waals surface area contributed by atoms with Crippen LogP contribution in [0, 0.1) is 17.8 Å². The molecule has 2 saturated heterocycles. The molecule has 4 rings (SSSR count). The van der Waals surface area contributed by atoms with Gasteiger partial charge in [0.25, 0.3) is 0 Å². The molecule has 28 heavy (non-hydrogen) atoms. The molecule has 8 heteroatoms. The number of guanidine groups is 1. The molecule has 6 nitrogen and oxygen atoms in total. The van der Waals surface area contributed by atoms with E-state index in [1.54, 1.807) is 0 Å². The quantitative estimate of drug-likeness (QED) is 0.259. The minimum atomic E-state index is -2.83. The van der Waals surface area contributed by atoms with Gasteiger partial charge in [-0.05, 0) is 43.4 Å². The molecule has 0 spiro atoms. The fourth-order valence-corrected chi connectivity index (χ4v) is 7.44. The third-order valence-corrected chi connectivity index (χ3v) is 8.85. The first-order chi connectivity index (χ1) is 13.0. The van der Waals surface area contributed by atoms with Crippen LogP contribution in [0.15, 0.2) is 17.6 Å². The molecule has 4 unspecified atom stereocenters. The van der Waals surface area contributed by atoms with Crippen LogP contribution >= 0.6 is 24.0 Å². The zero-order chi connectivity index (χ0) is 18.9. The van der Waals surface area contributed by atoms with E-state index < -0.39 is 9.84 Å². The lowest BCUT2D eigenvalue weighted by Gasteiger charge is -2.42. The number of sulfone groups is 1. The molecule has 1 N–H and O–H groups in total. The summed E-state index contributed by atoms with van der Waals surface area (Å²) in [6, 6.07) is 0.816. The van der Waals surface area contributed by atoms with Crippen molar-refractivity contribution in [1.29, 1.82) is 0 Å². The van der Waals surface area contributed by atoms with E-state index in [0.29, 0.717) is 24.6 Å². The zero-order valence-electron chi connectivity index (χ0n) is 16.8. The average Bonchev–Trinajstić information content (AvgIpc) is 3.37. The summed E-state index contributed by atoms with van der Waals surface area (Å²) in [4.78, 5) is 9.86. The summed E-state index contributed by atoms with van der Waals surface area (Å²) >= 11 is 0. The Morgan fingerprint density at radius 2 is 1.93 bits per heavy atom. The smallest absolute Gasteiger partial charge is 0.194 e. The summed E-state index contributed by atoms with van der Waals surface area (Å²) < 4.78 is 23.4. The van der Waals surface area contributed by atoms with Gasteiger partial charge in [-0.1, -0.05) is 12.5 Å². The Morgan fingerprint density at radius 1 is 1.14 bits per heavy atom. The molecular weight excluding hydrogens is 487 g/mol. The summed E-state index contributed by atoms with van der Waals surface area (Å²) in [5, 5.41) is 3.39. The van der Waals surface area contributed by atoms with Gasteiger partial charge in [0.05, 0.1) is 11.5 Å². The Labute approximate surface area is 187 Å². The number of halogens is 1. The highest BCUT2D eigenvalue weighted by atomic mass is 127. The minimum absolute atomic E-state index is 0. The third-order valence-electron chi connectivity index (χ3n) is 7.01. The zero-order valence-corrected chi connectivity index (χ0v) is 19.9. The number of aliphatic imine (C=N–C) groups is 1. The van der Waals surface area contributed by atoms with Gasteiger partial charge in [-0.15, -0.1) is 30.6 Å². The maximum absolute atomic E-state index is 11.7. The van der Waals surface area contributed by atoms with Gasteiger partial charge in [0.15, 0.2) is 15.8 Å². The second-order valence-electron chi connectivity index (χ2n) is 8.87. The molecule has 160 valence electrons. The predicted molar refractivity (Wildman–Crippen MR) is 125 cm³/mol. The van der Waals surface area contributed by atoms with Gasteiger partial charge in [-0.3, -0.25) is 9.89 Å². The van der Waals surface area contributed by atoms with Crippen LogP contribution in [0.2, 0.25) is 0 Å². The monoisotopic (exact) mass is 522 g/mol. The maximum atomic E-state index is 11.7. The average molecular weight is 522 g/mol. The summed E-state index contributed by atoms with van der Waals surface area (Å²) in [5.41, 5.74) is 0. The van der Waals surface area contributed by atoms with Crippen LogP contribution < -0.4 is 5.32 Å². The molecule has 4 atom stereocenters. The Morgan fingerprint density at radius 3 is 2.50 bits per heavy atom. The van der Waals surface area contributed by atoms with Gasteiger partial charge in [0, 0.05) is 45.3 Å². The first-order valence-corrected chi connectivity index (χ1v) is 12.4. The SMILES string of the molecule is C=CCNC(=NCC1CCS(=O)(=O)C1)N1CCN(C2CC3CCC2C3)CC1.I. The molecule has 2 aliphatic heterocycles. The summed E-state index contributed by atoms with van der Waals surface area (Å²) in [6.07, 6.45) is 8.37. The van der Waals surface area contributed by atoms with Crippen molar-refractivity contribution in [3.63, 3.8) is 0 Å². The van der Waals surface area contributed by atoms with Crippen molar-refractivity contribution >= 4 is 39.8 Å². The lowest BCUT2D eigenvalue weighted by atomic mass is 9.93. The van der Waals surface area contributed by atoms with Crippen LogP contribution in [0.1, 0.15) is 32.1 Å². The third kappa shape index (κ3) is 5.22. The van der Waals surface area contributed by atoms with E-state index in [2.05, 4.69) is 21.7 Å². The molecule has 0 aromatic heterocycles. The number of hydrogen-bond acceptors (Lipinski definition) is 4. The summed E-state index contributed by atoms with van der Waals surface area (Å²) in [7, 11) is -2.83. The van der Waals surface area contributed by atoms with Crippen LogP contribution in [-0.2, 0) is 9.84 Å². The van der Waals surface area contributed by atoms with Crippen LogP contribution in [0.25, 0.3) is 0 Å². The molecule has 0 amide bonds. The van der Waals surface area contributed by atoms with Gasteiger partial charge in [0.2, 0.25) is 0 Å². The number of rotatable bonds is 5. The summed E-state index contributed by atoms with van der Waals surface area (Å²) in [5.74, 6) is 3.65. The van der Waals surface area contributed by atoms with E-state index in [4.69, 9.17) is 4.99 Å². The first-order valence-electron chi connectivity index (χ1n) is 10.6. The lowest BCUT2D eigenvalue weighted by molar-refractivity contribution is 0.0958. The second-order valence-corrected chi connectivity index (χ2v) is 11.1. The fraction of sp³-hybridized carbons (Fsp3) is 0.850. The molecule has 0 aromatic rings. The normalized spacial score (nSPS) is 35.0. The predicted octanol–water partition coefficient (Wildman–Crippen LogP) is 1.98. The van der Waals surface area contributed by atoms with Gasteiger partial charge in [-0.25, -0.2) is 8.42 Å². The fourth-order valence-electron chi connectivity index (χ4n) is 5.59. The van der Waals surface area contributed by atoms with Crippen molar-refractivity contribution in [3.05, 3.63) is 12.7 Å². The lowest BCUT2D eigenvalue weighted by Crippen LogP contribution is -2.55. The number of hydrogen-bond donors (Lipinski definition) is 1. The molecular formula is C20H35IN4O2S. The van der Waals surface area contributed by atoms with Crippen LogP contribution in [0.5, 0.6) is 0 Å². The topological polar surface area (TPSA) is 65.0 Å². The largest absolute Gasteiger partial charge is 0.353 e. The highest BCUT2D eigenvalue weighted by molar-refractivity contribution is 14.0. The standard InChI is InChI=1S/C20H34N4O2S.HI/c1-2-6-21-20(22-14-17-5-11-27(25,26)15-17)24-9-7-23(8-10-24)19-13-16-3-4-18(19)12-16;/h2,16-19H,1,3-15H2,(H,21,22);1H. The molecule has 2 saturated carbocycles. The van der Waals surface area contributed by atoms with Crippen molar-refractivity contribution in [3.8, 4) is 0 Å². The van der Waals surface area contributed by atoms with E-state index >= 15 is 0 Å². The van der Waals surface area contributed by atoms with Crippen molar-refractivity contribution in [2.24, 2.45) is 22.7 Å². The minimum Gasteiger partial charge on any atom is -0.353 e. The van der Waals surface area contributed by atoms with Gasteiger partial charge in [-0.2, -0.15) is 0 Å². The van der Waals surface area contributed by atoms with Crippen molar-refractivity contribution in [1.82, 2.24) is 15.1 Å². The Balaban J connectivity index is 0.00000225.